The van der Waals surface area contributed by atoms with Crippen LogP contribution in [-0.4, -0.2) is 25.9 Å². The molecule has 2 aromatic carbocycles. The van der Waals surface area contributed by atoms with E-state index in [2.05, 4.69) is 12.2 Å². The van der Waals surface area contributed by atoms with Crippen molar-refractivity contribution in [1.82, 2.24) is 5.32 Å². The molecule has 2 aromatic rings. The summed E-state index contributed by atoms with van der Waals surface area (Å²) in [5.41, 5.74) is 1.82. The number of amides is 1. The maximum atomic E-state index is 12.3. The van der Waals surface area contributed by atoms with Gasteiger partial charge in [0.25, 0.3) is 0 Å². The van der Waals surface area contributed by atoms with Crippen molar-refractivity contribution in [3.05, 3.63) is 53.6 Å². The number of ether oxygens (including phenoxy) is 4. The van der Waals surface area contributed by atoms with E-state index in [-0.39, 0.29) is 18.7 Å². The summed E-state index contributed by atoms with van der Waals surface area (Å²) in [5.74, 6) is 2.64. The van der Waals surface area contributed by atoms with Crippen molar-refractivity contribution < 1.29 is 23.7 Å². The summed E-state index contributed by atoms with van der Waals surface area (Å²) in [6.45, 7) is 7.32. The molecule has 6 heteroatoms. The molecule has 0 fully saturated rings. The van der Waals surface area contributed by atoms with Gasteiger partial charge in [-0.25, -0.2) is 0 Å². The zero-order chi connectivity index (χ0) is 20.6. The van der Waals surface area contributed by atoms with E-state index in [9.17, 15) is 4.79 Å². The average molecular weight is 397 g/mol. The van der Waals surface area contributed by atoms with Crippen molar-refractivity contribution in [1.29, 1.82) is 0 Å². The maximum Gasteiger partial charge on any atom is 0.244 e. The normalized spacial score (nSPS) is 13.3. The average Bonchev–Trinajstić information content (AvgIpc) is 3.19. The van der Waals surface area contributed by atoms with Crippen LogP contribution in [0.15, 0.2) is 42.5 Å². The molecule has 1 heterocycles. The summed E-state index contributed by atoms with van der Waals surface area (Å²) in [5, 5.41) is 2.96. The lowest BCUT2D eigenvalue weighted by Gasteiger charge is -2.13. The van der Waals surface area contributed by atoms with Gasteiger partial charge in [-0.1, -0.05) is 19.1 Å². The second-order valence-electron chi connectivity index (χ2n) is 6.66. The van der Waals surface area contributed by atoms with Crippen molar-refractivity contribution in [3.63, 3.8) is 0 Å². The zero-order valence-corrected chi connectivity index (χ0v) is 17.1. The van der Waals surface area contributed by atoms with Gasteiger partial charge in [-0.2, -0.15) is 0 Å². The molecule has 0 aromatic heterocycles. The molecule has 1 amide bonds. The second-order valence-corrected chi connectivity index (χ2v) is 6.66. The second kappa shape index (κ2) is 9.87. The van der Waals surface area contributed by atoms with Crippen molar-refractivity contribution in [2.45, 2.75) is 33.2 Å². The van der Waals surface area contributed by atoms with E-state index in [1.165, 1.54) is 6.08 Å². The molecule has 154 valence electrons. The predicted molar refractivity (Wildman–Crippen MR) is 112 cm³/mol. The van der Waals surface area contributed by atoms with Crippen molar-refractivity contribution in [2.24, 2.45) is 0 Å². The van der Waals surface area contributed by atoms with Crippen molar-refractivity contribution in [2.75, 3.05) is 20.0 Å². The van der Waals surface area contributed by atoms with Crippen LogP contribution in [0.1, 0.15) is 44.4 Å². The SMILES string of the molecule is CCCOc1ccc(/C=C/C(=O)NC(C)c2ccc3c(c2)OCO3)cc1OCC. The molecular weight excluding hydrogens is 370 g/mol. The lowest BCUT2D eigenvalue weighted by atomic mass is 10.1. The number of rotatable bonds is 9. The molecule has 3 rings (SSSR count). The standard InChI is InChI=1S/C23H27NO5/c1-4-12-27-19-9-6-17(13-21(19)26-5-2)7-11-23(25)24-16(3)18-8-10-20-22(14-18)29-15-28-20/h6-11,13-14,16H,4-5,12,15H2,1-3H3,(H,24,25)/b11-7+. The first-order valence-corrected chi connectivity index (χ1v) is 9.88. The number of fused-ring (bicyclic) bond motifs is 1. The van der Waals surface area contributed by atoms with Gasteiger partial charge < -0.3 is 24.3 Å². The highest BCUT2D eigenvalue weighted by Crippen LogP contribution is 2.34. The summed E-state index contributed by atoms with van der Waals surface area (Å²) < 4.78 is 22.1. The van der Waals surface area contributed by atoms with Crippen LogP contribution in [0.5, 0.6) is 23.0 Å². The fourth-order valence-corrected chi connectivity index (χ4v) is 2.93. The summed E-state index contributed by atoms with van der Waals surface area (Å²) in [7, 11) is 0. The number of nitrogens with one attached hydrogen (secondary N) is 1. The Morgan fingerprint density at radius 3 is 2.72 bits per heavy atom. The van der Waals surface area contributed by atoms with Crippen LogP contribution in [0, 0.1) is 0 Å². The van der Waals surface area contributed by atoms with Crippen molar-refractivity contribution in [3.8, 4) is 23.0 Å². The minimum atomic E-state index is -0.181. The van der Waals surface area contributed by atoms with E-state index < -0.39 is 0 Å². The Balaban J connectivity index is 1.62. The van der Waals surface area contributed by atoms with Crippen LogP contribution in [0.4, 0.5) is 0 Å². The van der Waals surface area contributed by atoms with E-state index in [1.54, 1.807) is 6.08 Å². The summed E-state index contributed by atoms with van der Waals surface area (Å²) in [6.07, 6.45) is 4.20. The molecule has 0 aliphatic carbocycles. The Bertz CT molecular complexity index is 878. The summed E-state index contributed by atoms with van der Waals surface area (Å²) in [6, 6.07) is 11.1. The third-order valence-corrected chi connectivity index (χ3v) is 4.41. The topological polar surface area (TPSA) is 66.0 Å². The minimum Gasteiger partial charge on any atom is -0.490 e. The van der Waals surface area contributed by atoms with Gasteiger partial charge in [0.15, 0.2) is 23.0 Å². The molecule has 29 heavy (non-hydrogen) atoms. The number of carbonyl (C=O) groups excluding carboxylic acids is 1. The van der Waals surface area contributed by atoms with Crippen LogP contribution in [0.2, 0.25) is 0 Å². The maximum absolute atomic E-state index is 12.3. The van der Waals surface area contributed by atoms with Crippen LogP contribution in [0.3, 0.4) is 0 Å². The molecule has 1 aliphatic rings. The Labute approximate surface area is 171 Å². The third-order valence-electron chi connectivity index (χ3n) is 4.41. The zero-order valence-electron chi connectivity index (χ0n) is 17.1. The van der Waals surface area contributed by atoms with Gasteiger partial charge >= 0.3 is 0 Å². The van der Waals surface area contributed by atoms with Crippen molar-refractivity contribution >= 4 is 12.0 Å². The van der Waals surface area contributed by atoms with Gasteiger partial charge in [0, 0.05) is 6.08 Å². The number of carbonyl (C=O) groups is 1. The van der Waals surface area contributed by atoms with Gasteiger partial charge in [0.05, 0.1) is 19.3 Å². The predicted octanol–water partition coefficient (Wildman–Crippen LogP) is 4.49. The van der Waals surface area contributed by atoms with Crippen LogP contribution < -0.4 is 24.3 Å². The quantitative estimate of drug-likeness (QED) is 0.632. The molecule has 6 nitrogen and oxygen atoms in total. The molecule has 0 radical (unpaired) electrons. The van der Waals surface area contributed by atoms with Crippen LogP contribution in [0.25, 0.3) is 6.08 Å². The largest absolute Gasteiger partial charge is 0.490 e. The molecule has 0 spiro atoms. The van der Waals surface area contributed by atoms with E-state index in [0.29, 0.717) is 30.5 Å². The van der Waals surface area contributed by atoms with Gasteiger partial charge in [0.2, 0.25) is 12.7 Å². The molecule has 0 bridgehead atoms. The van der Waals surface area contributed by atoms with Crippen LogP contribution >= 0.6 is 0 Å². The monoisotopic (exact) mass is 397 g/mol. The highest BCUT2D eigenvalue weighted by atomic mass is 16.7. The molecule has 1 unspecified atom stereocenters. The fraction of sp³-hybridized carbons (Fsp3) is 0.348. The van der Waals surface area contributed by atoms with E-state index in [1.807, 2.05) is 50.2 Å². The fourth-order valence-electron chi connectivity index (χ4n) is 2.93. The Kier molecular flexibility index (Phi) is 7.00. The van der Waals surface area contributed by atoms with Gasteiger partial charge in [0.1, 0.15) is 0 Å². The highest BCUT2D eigenvalue weighted by Gasteiger charge is 2.16. The molecular formula is C23H27NO5. The van der Waals surface area contributed by atoms with Gasteiger partial charge in [-0.15, -0.1) is 0 Å². The third kappa shape index (κ3) is 5.44. The first-order chi connectivity index (χ1) is 14.1. The van der Waals surface area contributed by atoms with E-state index in [0.717, 1.165) is 23.3 Å². The lowest BCUT2D eigenvalue weighted by Crippen LogP contribution is -2.24. The van der Waals surface area contributed by atoms with Gasteiger partial charge in [-0.3, -0.25) is 4.79 Å². The Morgan fingerprint density at radius 2 is 1.93 bits per heavy atom. The molecule has 0 saturated carbocycles. The van der Waals surface area contributed by atoms with Crippen LogP contribution in [-0.2, 0) is 4.79 Å². The summed E-state index contributed by atoms with van der Waals surface area (Å²) in [4.78, 5) is 12.3. The first kappa shape index (κ1) is 20.6. The molecule has 1 N–H and O–H groups in total. The number of benzene rings is 2. The van der Waals surface area contributed by atoms with E-state index in [4.69, 9.17) is 18.9 Å². The highest BCUT2D eigenvalue weighted by molar-refractivity contribution is 5.92. The minimum absolute atomic E-state index is 0.162. The first-order valence-electron chi connectivity index (χ1n) is 9.88. The molecule has 0 saturated heterocycles. The summed E-state index contributed by atoms with van der Waals surface area (Å²) >= 11 is 0. The number of hydrogen-bond acceptors (Lipinski definition) is 5. The van der Waals surface area contributed by atoms with Gasteiger partial charge in [-0.05, 0) is 61.7 Å². The molecule has 1 atom stereocenters. The smallest absolute Gasteiger partial charge is 0.244 e. The Hall–Kier alpha value is -3.15. The van der Waals surface area contributed by atoms with E-state index >= 15 is 0 Å². The lowest BCUT2D eigenvalue weighted by molar-refractivity contribution is -0.117. The number of hydrogen-bond donors (Lipinski definition) is 1. The molecule has 1 aliphatic heterocycles. The Morgan fingerprint density at radius 1 is 1.10 bits per heavy atom.